The number of halogens is 1. The van der Waals surface area contributed by atoms with E-state index in [2.05, 4.69) is 5.16 Å². The number of nitrogens with two attached hydrogens (primary N) is 1. The summed E-state index contributed by atoms with van der Waals surface area (Å²) in [7, 11) is 0. The van der Waals surface area contributed by atoms with Crippen LogP contribution in [-0.4, -0.2) is 17.3 Å². The second kappa shape index (κ2) is 4.55. The third-order valence-corrected chi connectivity index (χ3v) is 2.98. The van der Waals surface area contributed by atoms with Gasteiger partial charge >= 0.3 is 0 Å². The second-order valence-electron chi connectivity index (χ2n) is 4.42. The molecule has 4 nitrogen and oxygen atoms in total. The summed E-state index contributed by atoms with van der Waals surface area (Å²) in [6.45, 7) is 4.33. The molecular weight excluding hydrogens is 240 g/mol. The van der Waals surface area contributed by atoms with Crippen molar-refractivity contribution in [3.63, 3.8) is 0 Å². The van der Waals surface area contributed by atoms with Gasteiger partial charge in [-0.3, -0.25) is 0 Å². The van der Waals surface area contributed by atoms with Crippen LogP contribution >= 0.6 is 11.6 Å². The Morgan fingerprint density at radius 3 is 3.00 bits per heavy atom. The van der Waals surface area contributed by atoms with E-state index < -0.39 is 0 Å². The fraction of sp³-hybridized carbons (Fsp3) is 0.417. The fourth-order valence-corrected chi connectivity index (χ4v) is 1.50. The SMILES string of the molecule is CCC(C)(N)COc1noc2ccc(Cl)cc12. The Kier molecular flexibility index (Phi) is 3.26. The van der Waals surface area contributed by atoms with E-state index in [0.29, 0.717) is 23.1 Å². The molecule has 92 valence electrons. The van der Waals surface area contributed by atoms with Crippen molar-refractivity contribution >= 4 is 22.6 Å². The average Bonchev–Trinajstić information content (AvgIpc) is 2.69. The lowest BCUT2D eigenvalue weighted by molar-refractivity contribution is 0.211. The maximum atomic E-state index is 6.00. The van der Waals surface area contributed by atoms with E-state index in [1.54, 1.807) is 18.2 Å². The van der Waals surface area contributed by atoms with Gasteiger partial charge in [0.2, 0.25) is 0 Å². The van der Waals surface area contributed by atoms with Crippen LogP contribution in [0.4, 0.5) is 0 Å². The minimum absolute atomic E-state index is 0.371. The highest BCUT2D eigenvalue weighted by Gasteiger charge is 2.18. The van der Waals surface area contributed by atoms with Gasteiger partial charge in [0.25, 0.3) is 5.88 Å². The van der Waals surface area contributed by atoms with Crippen LogP contribution in [0.3, 0.4) is 0 Å². The maximum absolute atomic E-state index is 6.00. The van der Waals surface area contributed by atoms with Crippen molar-refractivity contribution in [1.29, 1.82) is 0 Å². The molecule has 17 heavy (non-hydrogen) atoms. The Morgan fingerprint density at radius 2 is 2.29 bits per heavy atom. The topological polar surface area (TPSA) is 61.3 Å². The standard InChI is InChI=1S/C12H15ClN2O2/c1-3-12(2,14)7-16-11-9-6-8(13)4-5-10(9)17-15-11/h4-6H,3,7,14H2,1-2H3. The van der Waals surface area contributed by atoms with E-state index in [0.717, 1.165) is 11.8 Å². The molecule has 0 saturated carbocycles. The molecule has 0 aliphatic rings. The molecule has 2 N–H and O–H groups in total. The molecule has 0 radical (unpaired) electrons. The molecule has 0 saturated heterocycles. The van der Waals surface area contributed by atoms with Crippen LogP contribution in [0.5, 0.6) is 5.88 Å². The van der Waals surface area contributed by atoms with Crippen molar-refractivity contribution in [3.8, 4) is 5.88 Å². The Hall–Kier alpha value is -1.26. The van der Waals surface area contributed by atoms with Gasteiger partial charge in [-0.15, -0.1) is 0 Å². The first-order chi connectivity index (χ1) is 8.02. The smallest absolute Gasteiger partial charge is 0.262 e. The summed E-state index contributed by atoms with van der Waals surface area (Å²) in [5.74, 6) is 0.438. The highest BCUT2D eigenvalue weighted by Crippen LogP contribution is 2.28. The van der Waals surface area contributed by atoms with Gasteiger partial charge < -0.3 is 15.0 Å². The second-order valence-corrected chi connectivity index (χ2v) is 4.86. The molecular formula is C12H15ClN2O2. The first-order valence-electron chi connectivity index (χ1n) is 5.48. The molecule has 2 aromatic rings. The number of benzene rings is 1. The summed E-state index contributed by atoms with van der Waals surface area (Å²) in [5.41, 5.74) is 6.28. The zero-order chi connectivity index (χ0) is 12.5. The predicted octanol–water partition coefficient (Wildman–Crippen LogP) is 2.99. The molecule has 2 rings (SSSR count). The predicted molar refractivity (Wildman–Crippen MR) is 67.4 cm³/mol. The first-order valence-corrected chi connectivity index (χ1v) is 5.86. The number of nitrogens with zero attached hydrogens (tertiary/aromatic N) is 1. The summed E-state index contributed by atoms with van der Waals surface area (Å²) < 4.78 is 10.7. The summed E-state index contributed by atoms with van der Waals surface area (Å²) in [5, 5.41) is 5.25. The van der Waals surface area contributed by atoms with Gasteiger partial charge in [-0.1, -0.05) is 18.5 Å². The van der Waals surface area contributed by atoms with Crippen molar-refractivity contribution in [1.82, 2.24) is 5.16 Å². The maximum Gasteiger partial charge on any atom is 0.262 e. The van der Waals surface area contributed by atoms with E-state index in [4.69, 9.17) is 26.6 Å². The zero-order valence-electron chi connectivity index (χ0n) is 9.87. The Bertz CT molecular complexity index is 522. The van der Waals surface area contributed by atoms with E-state index >= 15 is 0 Å². The van der Waals surface area contributed by atoms with Crippen molar-refractivity contribution in [2.75, 3.05) is 6.61 Å². The average molecular weight is 255 g/mol. The Morgan fingerprint density at radius 1 is 1.53 bits per heavy atom. The van der Waals surface area contributed by atoms with E-state index in [-0.39, 0.29) is 5.54 Å². The van der Waals surface area contributed by atoms with Gasteiger partial charge in [0, 0.05) is 10.6 Å². The number of rotatable bonds is 4. The monoisotopic (exact) mass is 254 g/mol. The number of hydrogen-bond acceptors (Lipinski definition) is 4. The Balaban J connectivity index is 2.22. The van der Waals surface area contributed by atoms with Gasteiger partial charge in [-0.05, 0) is 36.7 Å². The van der Waals surface area contributed by atoms with E-state index in [9.17, 15) is 0 Å². The molecule has 1 atom stereocenters. The van der Waals surface area contributed by atoms with Crippen LogP contribution in [0.2, 0.25) is 5.02 Å². The molecule has 0 bridgehead atoms. The van der Waals surface area contributed by atoms with Crippen LogP contribution in [0.25, 0.3) is 11.0 Å². The van der Waals surface area contributed by atoms with Crippen molar-refractivity contribution < 1.29 is 9.26 Å². The van der Waals surface area contributed by atoms with Gasteiger partial charge in [-0.2, -0.15) is 0 Å². The summed E-state index contributed by atoms with van der Waals surface area (Å²) >= 11 is 5.92. The molecule has 1 heterocycles. The lowest BCUT2D eigenvalue weighted by Gasteiger charge is -2.21. The zero-order valence-corrected chi connectivity index (χ0v) is 10.6. The van der Waals surface area contributed by atoms with Crippen molar-refractivity contribution in [2.45, 2.75) is 25.8 Å². The highest BCUT2D eigenvalue weighted by atomic mass is 35.5. The van der Waals surface area contributed by atoms with Crippen molar-refractivity contribution in [3.05, 3.63) is 23.2 Å². The van der Waals surface area contributed by atoms with Gasteiger partial charge in [0.1, 0.15) is 6.61 Å². The van der Waals surface area contributed by atoms with Crippen LogP contribution in [0.15, 0.2) is 22.7 Å². The number of hydrogen-bond donors (Lipinski definition) is 1. The number of fused-ring (bicyclic) bond motifs is 1. The highest BCUT2D eigenvalue weighted by molar-refractivity contribution is 6.31. The molecule has 1 aromatic carbocycles. The van der Waals surface area contributed by atoms with Crippen molar-refractivity contribution in [2.24, 2.45) is 5.73 Å². The molecule has 0 aliphatic carbocycles. The largest absolute Gasteiger partial charge is 0.473 e. The van der Waals surface area contributed by atoms with Crippen LogP contribution in [-0.2, 0) is 0 Å². The van der Waals surface area contributed by atoms with E-state index in [1.165, 1.54) is 0 Å². The first kappa shape index (κ1) is 12.2. The minimum Gasteiger partial charge on any atom is -0.473 e. The molecule has 1 aromatic heterocycles. The third-order valence-electron chi connectivity index (χ3n) is 2.75. The lowest BCUT2D eigenvalue weighted by atomic mass is 10.0. The number of ether oxygens (including phenoxy) is 1. The third kappa shape index (κ3) is 2.70. The molecule has 1 unspecified atom stereocenters. The molecule has 0 amide bonds. The molecule has 0 aliphatic heterocycles. The molecule has 0 spiro atoms. The molecule has 0 fully saturated rings. The lowest BCUT2D eigenvalue weighted by Crippen LogP contribution is -2.41. The fourth-order valence-electron chi connectivity index (χ4n) is 1.33. The van der Waals surface area contributed by atoms with Gasteiger partial charge in [0.05, 0.1) is 5.39 Å². The van der Waals surface area contributed by atoms with Crippen LogP contribution in [0.1, 0.15) is 20.3 Å². The van der Waals surface area contributed by atoms with Crippen LogP contribution in [0, 0.1) is 0 Å². The summed E-state index contributed by atoms with van der Waals surface area (Å²) in [6, 6.07) is 5.28. The Labute approximate surface area is 105 Å². The van der Waals surface area contributed by atoms with Gasteiger partial charge in [-0.25, -0.2) is 0 Å². The van der Waals surface area contributed by atoms with E-state index in [1.807, 2.05) is 13.8 Å². The molecule has 5 heteroatoms. The van der Waals surface area contributed by atoms with Gasteiger partial charge in [0.15, 0.2) is 5.58 Å². The summed E-state index contributed by atoms with van der Waals surface area (Å²) in [6.07, 6.45) is 0.823. The summed E-state index contributed by atoms with van der Waals surface area (Å²) in [4.78, 5) is 0. The minimum atomic E-state index is -0.371. The number of aromatic nitrogens is 1. The quantitative estimate of drug-likeness (QED) is 0.911. The van der Waals surface area contributed by atoms with Crippen LogP contribution < -0.4 is 10.5 Å². The normalized spacial score (nSPS) is 14.8.